The minimum absolute atomic E-state index is 0.0749. The van der Waals surface area contributed by atoms with Crippen molar-refractivity contribution in [2.24, 2.45) is 0 Å². The molecule has 114 valence electrons. The van der Waals surface area contributed by atoms with Gasteiger partial charge in [-0.25, -0.2) is 0 Å². The summed E-state index contributed by atoms with van der Waals surface area (Å²) in [5.74, 6) is -0.189. The van der Waals surface area contributed by atoms with Crippen LogP contribution in [0.25, 0.3) is 0 Å². The first-order valence-electron chi connectivity index (χ1n) is 7.00. The summed E-state index contributed by atoms with van der Waals surface area (Å²) in [6, 6.07) is 8.37. The van der Waals surface area contributed by atoms with E-state index in [1.165, 1.54) is 13.0 Å². The molecule has 2 rings (SSSR count). The fourth-order valence-corrected chi connectivity index (χ4v) is 2.11. The Labute approximate surface area is 128 Å². The second kappa shape index (κ2) is 7.31. The molecule has 1 heterocycles. The highest BCUT2D eigenvalue weighted by molar-refractivity contribution is 5.95. The molecule has 1 aromatic carbocycles. The molecule has 22 heavy (non-hydrogen) atoms. The standard InChI is InChI=1S/C16H17N3O3/c1-12(20)14-6-7-15(16(10-14)19(21)22)18-9-3-5-13-4-2-8-17-11-13/h2,4,6-8,10-11,18H,3,5,9H2,1H3. The number of nitro benzene ring substituents is 1. The lowest BCUT2D eigenvalue weighted by Crippen LogP contribution is -2.06. The zero-order chi connectivity index (χ0) is 15.9. The molecular formula is C16H17N3O3. The van der Waals surface area contributed by atoms with Crippen molar-refractivity contribution in [3.63, 3.8) is 0 Å². The molecule has 0 bridgehead atoms. The van der Waals surface area contributed by atoms with Gasteiger partial charge in [0.25, 0.3) is 5.69 Å². The van der Waals surface area contributed by atoms with Crippen LogP contribution in [0.4, 0.5) is 11.4 Å². The molecule has 6 heteroatoms. The maximum Gasteiger partial charge on any atom is 0.293 e. The fraction of sp³-hybridized carbons (Fsp3) is 0.250. The van der Waals surface area contributed by atoms with Gasteiger partial charge in [0.05, 0.1) is 4.92 Å². The molecule has 0 aliphatic heterocycles. The van der Waals surface area contributed by atoms with Crippen LogP contribution in [-0.2, 0) is 6.42 Å². The van der Waals surface area contributed by atoms with Crippen molar-refractivity contribution >= 4 is 17.2 Å². The average molecular weight is 299 g/mol. The van der Waals surface area contributed by atoms with Crippen LogP contribution in [0.3, 0.4) is 0 Å². The lowest BCUT2D eigenvalue weighted by atomic mass is 10.1. The minimum Gasteiger partial charge on any atom is -0.379 e. The summed E-state index contributed by atoms with van der Waals surface area (Å²) in [6.45, 7) is 2.00. The third-order valence-electron chi connectivity index (χ3n) is 3.28. The van der Waals surface area contributed by atoms with E-state index in [1.807, 2.05) is 18.3 Å². The van der Waals surface area contributed by atoms with Gasteiger partial charge < -0.3 is 5.32 Å². The van der Waals surface area contributed by atoms with E-state index in [-0.39, 0.29) is 11.5 Å². The number of Topliss-reactive ketones (excluding diaryl/α,β-unsaturated/α-hetero) is 1. The quantitative estimate of drug-likeness (QED) is 0.367. The van der Waals surface area contributed by atoms with Crippen molar-refractivity contribution in [2.45, 2.75) is 19.8 Å². The van der Waals surface area contributed by atoms with Gasteiger partial charge in [0.15, 0.2) is 5.78 Å². The van der Waals surface area contributed by atoms with Crippen molar-refractivity contribution in [2.75, 3.05) is 11.9 Å². The van der Waals surface area contributed by atoms with Gasteiger partial charge in [-0.3, -0.25) is 19.9 Å². The smallest absolute Gasteiger partial charge is 0.293 e. The maximum absolute atomic E-state index is 11.3. The normalized spacial score (nSPS) is 10.2. The number of pyridine rings is 1. The van der Waals surface area contributed by atoms with Crippen molar-refractivity contribution in [3.05, 3.63) is 64.0 Å². The number of nitrogens with zero attached hydrogens (tertiary/aromatic N) is 2. The number of carbonyl (C=O) groups is 1. The molecule has 6 nitrogen and oxygen atoms in total. The number of aryl methyl sites for hydroxylation is 1. The summed E-state index contributed by atoms with van der Waals surface area (Å²) in [5.41, 5.74) is 1.83. The number of rotatable bonds is 7. The Morgan fingerprint density at radius 3 is 2.82 bits per heavy atom. The lowest BCUT2D eigenvalue weighted by molar-refractivity contribution is -0.384. The summed E-state index contributed by atoms with van der Waals surface area (Å²) in [6.07, 6.45) is 5.21. The lowest BCUT2D eigenvalue weighted by Gasteiger charge is -2.08. The molecule has 0 saturated heterocycles. The summed E-state index contributed by atoms with van der Waals surface area (Å²) in [7, 11) is 0. The van der Waals surface area contributed by atoms with Crippen molar-refractivity contribution in [1.82, 2.24) is 4.98 Å². The van der Waals surface area contributed by atoms with Gasteiger partial charge in [-0.05, 0) is 43.5 Å². The molecule has 0 saturated carbocycles. The Morgan fingerprint density at radius 2 is 2.18 bits per heavy atom. The summed E-state index contributed by atoms with van der Waals surface area (Å²) < 4.78 is 0. The summed E-state index contributed by atoms with van der Waals surface area (Å²) in [4.78, 5) is 26.0. The van der Waals surface area contributed by atoms with E-state index in [9.17, 15) is 14.9 Å². The first-order chi connectivity index (χ1) is 10.6. The molecule has 1 N–H and O–H groups in total. The monoisotopic (exact) mass is 299 g/mol. The van der Waals surface area contributed by atoms with Gasteiger partial charge >= 0.3 is 0 Å². The number of nitro groups is 1. The third-order valence-corrected chi connectivity index (χ3v) is 3.28. The molecule has 0 aliphatic carbocycles. The Kier molecular flexibility index (Phi) is 5.19. The molecule has 0 amide bonds. The topological polar surface area (TPSA) is 85.1 Å². The van der Waals surface area contributed by atoms with Crippen LogP contribution in [0, 0.1) is 10.1 Å². The van der Waals surface area contributed by atoms with E-state index in [2.05, 4.69) is 10.3 Å². The van der Waals surface area contributed by atoms with Gasteiger partial charge in [-0.1, -0.05) is 6.07 Å². The van der Waals surface area contributed by atoms with Crippen molar-refractivity contribution < 1.29 is 9.72 Å². The van der Waals surface area contributed by atoms with E-state index >= 15 is 0 Å². The van der Waals surface area contributed by atoms with Gasteiger partial charge in [-0.2, -0.15) is 0 Å². The van der Waals surface area contributed by atoms with Crippen molar-refractivity contribution in [3.8, 4) is 0 Å². The van der Waals surface area contributed by atoms with Crippen LogP contribution in [0.15, 0.2) is 42.7 Å². The van der Waals surface area contributed by atoms with Crippen LogP contribution in [0.2, 0.25) is 0 Å². The largest absolute Gasteiger partial charge is 0.379 e. The molecule has 0 fully saturated rings. The van der Waals surface area contributed by atoms with Crippen LogP contribution in [0.5, 0.6) is 0 Å². The fourth-order valence-electron chi connectivity index (χ4n) is 2.11. The highest BCUT2D eigenvalue weighted by atomic mass is 16.6. The highest BCUT2D eigenvalue weighted by Gasteiger charge is 2.15. The highest BCUT2D eigenvalue weighted by Crippen LogP contribution is 2.25. The Balaban J connectivity index is 1.97. The average Bonchev–Trinajstić information content (AvgIpc) is 2.52. The number of carbonyl (C=O) groups excluding carboxylic acids is 1. The number of ketones is 1. The SMILES string of the molecule is CC(=O)c1ccc(NCCCc2cccnc2)c([N+](=O)[O-])c1. The van der Waals surface area contributed by atoms with E-state index in [4.69, 9.17) is 0 Å². The summed E-state index contributed by atoms with van der Waals surface area (Å²) >= 11 is 0. The number of anilines is 1. The van der Waals surface area contributed by atoms with Gasteiger partial charge in [0.2, 0.25) is 0 Å². The number of hydrogen-bond acceptors (Lipinski definition) is 5. The predicted molar refractivity (Wildman–Crippen MR) is 84.1 cm³/mol. The molecule has 1 aromatic heterocycles. The summed E-state index contributed by atoms with van der Waals surface area (Å²) in [5, 5.41) is 14.2. The van der Waals surface area contributed by atoms with E-state index in [0.29, 0.717) is 17.8 Å². The zero-order valence-electron chi connectivity index (χ0n) is 12.3. The van der Waals surface area contributed by atoms with E-state index in [0.717, 1.165) is 18.4 Å². The van der Waals surface area contributed by atoms with Crippen molar-refractivity contribution in [1.29, 1.82) is 0 Å². The predicted octanol–water partition coefficient (Wildman–Crippen LogP) is 3.24. The van der Waals surface area contributed by atoms with Gasteiger partial charge in [0, 0.05) is 30.6 Å². The minimum atomic E-state index is -0.476. The molecular weight excluding hydrogens is 282 g/mol. The molecule has 0 spiro atoms. The number of hydrogen-bond donors (Lipinski definition) is 1. The second-order valence-corrected chi connectivity index (χ2v) is 4.94. The number of nitrogens with one attached hydrogen (secondary N) is 1. The Hall–Kier alpha value is -2.76. The molecule has 0 atom stereocenters. The van der Waals surface area contributed by atoms with Crippen LogP contribution in [0.1, 0.15) is 29.3 Å². The molecule has 0 unspecified atom stereocenters. The van der Waals surface area contributed by atoms with Crippen LogP contribution < -0.4 is 5.32 Å². The van der Waals surface area contributed by atoms with Crippen LogP contribution in [-0.4, -0.2) is 22.2 Å². The van der Waals surface area contributed by atoms with Crippen LogP contribution >= 0.6 is 0 Å². The Bertz CT molecular complexity index is 672. The van der Waals surface area contributed by atoms with E-state index < -0.39 is 4.92 Å². The molecule has 2 aromatic rings. The maximum atomic E-state index is 11.3. The van der Waals surface area contributed by atoms with E-state index in [1.54, 1.807) is 18.3 Å². The second-order valence-electron chi connectivity index (χ2n) is 4.94. The first kappa shape index (κ1) is 15.6. The van der Waals surface area contributed by atoms with Gasteiger partial charge in [-0.15, -0.1) is 0 Å². The third kappa shape index (κ3) is 4.12. The number of aromatic nitrogens is 1. The molecule has 0 aliphatic rings. The Morgan fingerprint density at radius 1 is 1.36 bits per heavy atom. The van der Waals surface area contributed by atoms with Gasteiger partial charge in [0.1, 0.15) is 5.69 Å². The number of benzene rings is 1. The first-order valence-corrected chi connectivity index (χ1v) is 7.00. The zero-order valence-corrected chi connectivity index (χ0v) is 12.3. The molecule has 0 radical (unpaired) electrons.